The fourth-order valence-corrected chi connectivity index (χ4v) is 2.77. The molecule has 1 N–H and O–H groups in total. The zero-order valence-corrected chi connectivity index (χ0v) is 14.7. The van der Waals surface area contributed by atoms with E-state index < -0.39 is 0 Å². The molecule has 0 radical (unpaired) electrons. The van der Waals surface area contributed by atoms with Gasteiger partial charge in [0.25, 0.3) is 0 Å². The lowest BCUT2D eigenvalue weighted by Crippen LogP contribution is -2.11. The molecule has 0 fully saturated rings. The molecule has 0 aliphatic rings. The minimum Gasteiger partial charge on any atom is -0.462 e. The minimum atomic E-state index is -0.388. The van der Waals surface area contributed by atoms with Crippen LogP contribution < -0.4 is 5.32 Å². The highest BCUT2D eigenvalue weighted by Crippen LogP contribution is 2.29. The number of nitrogens with one attached hydrogen (secondary N) is 1. The van der Waals surface area contributed by atoms with Gasteiger partial charge in [0.05, 0.1) is 17.8 Å². The largest absolute Gasteiger partial charge is 0.462 e. The Bertz CT molecular complexity index is 869. The highest BCUT2D eigenvalue weighted by atomic mass is 79.9. The van der Waals surface area contributed by atoms with Crippen LogP contribution in [0.3, 0.4) is 0 Å². The first-order valence-corrected chi connectivity index (χ1v) is 8.36. The molecular weight excluding hydrogens is 370 g/mol. The molecule has 122 valence electrons. The van der Waals surface area contributed by atoms with E-state index >= 15 is 0 Å². The first-order chi connectivity index (χ1) is 11.7. The number of aromatic nitrogens is 2. The van der Waals surface area contributed by atoms with Crippen LogP contribution in [-0.4, -0.2) is 22.5 Å². The molecule has 0 aliphatic heterocycles. The van der Waals surface area contributed by atoms with Crippen molar-refractivity contribution in [1.82, 2.24) is 9.97 Å². The lowest BCUT2D eigenvalue weighted by Gasteiger charge is -2.14. The van der Waals surface area contributed by atoms with Crippen molar-refractivity contribution in [3.05, 3.63) is 64.5 Å². The molecule has 24 heavy (non-hydrogen) atoms. The molecule has 0 amide bonds. The van der Waals surface area contributed by atoms with E-state index in [0.29, 0.717) is 24.4 Å². The summed E-state index contributed by atoms with van der Waals surface area (Å²) in [6.45, 7) is 2.65. The average molecular weight is 386 g/mol. The third kappa shape index (κ3) is 3.54. The zero-order chi connectivity index (χ0) is 16.9. The number of rotatable bonds is 5. The molecule has 0 atom stereocenters. The Morgan fingerprint density at radius 2 is 2.17 bits per heavy atom. The van der Waals surface area contributed by atoms with Crippen LogP contribution in [0.5, 0.6) is 0 Å². The second-order valence-electron chi connectivity index (χ2n) is 5.14. The van der Waals surface area contributed by atoms with Crippen molar-refractivity contribution in [3.63, 3.8) is 0 Å². The third-order valence-corrected chi connectivity index (χ3v) is 4.01. The number of benzene rings is 1. The third-order valence-electron chi connectivity index (χ3n) is 3.52. The van der Waals surface area contributed by atoms with Gasteiger partial charge >= 0.3 is 5.97 Å². The summed E-state index contributed by atoms with van der Waals surface area (Å²) in [6.07, 6.45) is 5.07. The van der Waals surface area contributed by atoms with Crippen molar-refractivity contribution < 1.29 is 9.53 Å². The standard InChI is InChI=1S/C18H16BrN3O2/c1-2-24-18(23)15-11-21-16-6-5-13(19)8-14(16)17(15)22-10-12-4-3-7-20-9-12/h3-9,11H,2,10H2,1H3,(H,21,22). The van der Waals surface area contributed by atoms with Gasteiger partial charge in [-0.3, -0.25) is 9.97 Å². The summed E-state index contributed by atoms with van der Waals surface area (Å²) in [5.41, 5.74) is 2.96. The quantitative estimate of drug-likeness (QED) is 0.667. The summed E-state index contributed by atoms with van der Waals surface area (Å²) in [5, 5.41) is 4.20. The molecular formula is C18H16BrN3O2. The number of hydrogen-bond donors (Lipinski definition) is 1. The van der Waals surface area contributed by atoms with Crippen LogP contribution in [0.2, 0.25) is 0 Å². The van der Waals surface area contributed by atoms with E-state index in [1.807, 2.05) is 30.3 Å². The van der Waals surface area contributed by atoms with Crippen molar-refractivity contribution in [2.45, 2.75) is 13.5 Å². The molecule has 6 heteroatoms. The number of carbonyl (C=O) groups is 1. The van der Waals surface area contributed by atoms with Gasteiger partial charge in [-0.15, -0.1) is 0 Å². The number of halogens is 1. The monoisotopic (exact) mass is 385 g/mol. The van der Waals surface area contributed by atoms with Crippen molar-refractivity contribution in [1.29, 1.82) is 0 Å². The molecule has 0 spiro atoms. The van der Waals surface area contributed by atoms with E-state index in [4.69, 9.17) is 4.74 Å². The van der Waals surface area contributed by atoms with E-state index in [0.717, 1.165) is 20.9 Å². The zero-order valence-electron chi connectivity index (χ0n) is 13.1. The minimum absolute atomic E-state index is 0.317. The van der Waals surface area contributed by atoms with E-state index in [1.165, 1.54) is 0 Å². The summed E-state index contributed by atoms with van der Waals surface area (Å²) in [7, 11) is 0. The normalized spacial score (nSPS) is 10.6. The molecule has 2 aromatic heterocycles. The smallest absolute Gasteiger partial charge is 0.341 e. The van der Waals surface area contributed by atoms with E-state index in [-0.39, 0.29) is 5.97 Å². The summed E-state index contributed by atoms with van der Waals surface area (Å²) in [6, 6.07) is 9.62. The average Bonchev–Trinajstić information content (AvgIpc) is 2.60. The number of pyridine rings is 2. The van der Waals surface area contributed by atoms with Crippen LogP contribution >= 0.6 is 15.9 Å². The van der Waals surface area contributed by atoms with Gasteiger partial charge in [-0.2, -0.15) is 0 Å². The maximum Gasteiger partial charge on any atom is 0.341 e. The van der Waals surface area contributed by atoms with Crippen molar-refractivity contribution in [2.75, 3.05) is 11.9 Å². The van der Waals surface area contributed by atoms with E-state index in [1.54, 1.807) is 25.5 Å². The molecule has 3 aromatic rings. The highest BCUT2D eigenvalue weighted by molar-refractivity contribution is 9.10. The number of anilines is 1. The second-order valence-corrected chi connectivity index (χ2v) is 6.06. The Morgan fingerprint density at radius 3 is 2.92 bits per heavy atom. The van der Waals surface area contributed by atoms with Gasteiger partial charge in [0, 0.05) is 35.0 Å². The van der Waals surface area contributed by atoms with Gasteiger partial charge in [0.1, 0.15) is 5.56 Å². The summed E-state index contributed by atoms with van der Waals surface area (Å²) in [5.74, 6) is -0.388. The Balaban J connectivity index is 2.04. The summed E-state index contributed by atoms with van der Waals surface area (Å²) < 4.78 is 6.08. The van der Waals surface area contributed by atoms with Gasteiger partial charge < -0.3 is 10.1 Å². The first kappa shape index (κ1) is 16.4. The van der Waals surface area contributed by atoms with Crippen molar-refractivity contribution in [3.8, 4) is 0 Å². The Hall–Kier alpha value is -2.47. The highest BCUT2D eigenvalue weighted by Gasteiger charge is 2.16. The van der Waals surface area contributed by atoms with Crippen LogP contribution in [0.1, 0.15) is 22.8 Å². The molecule has 5 nitrogen and oxygen atoms in total. The van der Waals surface area contributed by atoms with Crippen molar-refractivity contribution in [2.24, 2.45) is 0 Å². The van der Waals surface area contributed by atoms with Crippen LogP contribution in [0, 0.1) is 0 Å². The van der Waals surface area contributed by atoms with Gasteiger partial charge in [-0.1, -0.05) is 22.0 Å². The molecule has 0 bridgehead atoms. The van der Waals surface area contributed by atoms with Crippen molar-refractivity contribution >= 4 is 38.5 Å². The molecule has 2 heterocycles. The maximum atomic E-state index is 12.3. The molecule has 0 unspecified atom stereocenters. The van der Waals surface area contributed by atoms with Gasteiger partial charge in [0.15, 0.2) is 0 Å². The Morgan fingerprint density at radius 1 is 1.29 bits per heavy atom. The predicted molar refractivity (Wildman–Crippen MR) is 97.0 cm³/mol. The number of ether oxygens (including phenoxy) is 1. The predicted octanol–water partition coefficient (Wildman–Crippen LogP) is 4.18. The number of esters is 1. The Kier molecular flexibility index (Phi) is 5.05. The first-order valence-electron chi connectivity index (χ1n) is 7.57. The molecule has 1 aromatic carbocycles. The lowest BCUT2D eigenvalue weighted by molar-refractivity contribution is 0.0527. The molecule has 0 saturated heterocycles. The van der Waals surface area contributed by atoms with E-state index in [2.05, 4.69) is 31.2 Å². The molecule has 3 rings (SSSR count). The number of hydrogen-bond acceptors (Lipinski definition) is 5. The fourth-order valence-electron chi connectivity index (χ4n) is 2.41. The number of nitrogens with zero attached hydrogens (tertiary/aromatic N) is 2. The van der Waals surface area contributed by atoms with Crippen LogP contribution in [0.25, 0.3) is 10.9 Å². The van der Waals surface area contributed by atoms with Crippen LogP contribution in [-0.2, 0) is 11.3 Å². The second kappa shape index (κ2) is 7.40. The van der Waals surface area contributed by atoms with Crippen LogP contribution in [0.15, 0.2) is 53.4 Å². The van der Waals surface area contributed by atoms with Gasteiger partial charge in [0.2, 0.25) is 0 Å². The number of carbonyl (C=O) groups excluding carboxylic acids is 1. The molecule has 0 aliphatic carbocycles. The number of fused-ring (bicyclic) bond motifs is 1. The topological polar surface area (TPSA) is 64.1 Å². The van der Waals surface area contributed by atoms with E-state index in [9.17, 15) is 4.79 Å². The van der Waals surface area contributed by atoms with Gasteiger partial charge in [-0.05, 0) is 36.8 Å². The summed E-state index contributed by atoms with van der Waals surface area (Å²) >= 11 is 3.47. The SMILES string of the molecule is CCOC(=O)c1cnc2ccc(Br)cc2c1NCc1cccnc1. The Labute approximate surface area is 148 Å². The van der Waals surface area contributed by atoms with Crippen LogP contribution in [0.4, 0.5) is 5.69 Å². The fraction of sp³-hybridized carbons (Fsp3) is 0.167. The maximum absolute atomic E-state index is 12.3. The summed E-state index contributed by atoms with van der Waals surface area (Å²) in [4.78, 5) is 20.8. The van der Waals surface area contributed by atoms with Gasteiger partial charge in [-0.25, -0.2) is 4.79 Å². The lowest BCUT2D eigenvalue weighted by atomic mass is 10.1. The molecule has 0 saturated carbocycles.